The topological polar surface area (TPSA) is 17.1 Å². The van der Waals surface area contributed by atoms with Crippen LogP contribution in [0.4, 0.5) is 4.39 Å². The quantitative estimate of drug-likeness (QED) is 0.458. The zero-order valence-electron chi connectivity index (χ0n) is 4.15. The molecular formula is C6H4FO. The SMILES string of the molecule is O=C1CC=C[C]=C1F. The number of rotatable bonds is 0. The summed E-state index contributed by atoms with van der Waals surface area (Å²) in [4.78, 5) is 10.3. The van der Waals surface area contributed by atoms with Gasteiger partial charge in [-0.1, -0.05) is 12.2 Å². The monoisotopic (exact) mass is 111 g/mol. The average Bonchev–Trinajstić information content (AvgIpc) is 1.77. The lowest BCUT2D eigenvalue weighted by molar-refractivity contribution is -0.116. The average molecular weight is 111 g/mol. The van der Waals surface area contributed by atoms with Crippen LogP contribution in [0, 0.1) is 6.08 Å². The summed E-state index contributed by atoms with van der Waals surface area (Å²) in [5.41, 5.74) is 0. The molecule has 8 heavy (non-hydrogen) atoms. The smallest absolute Gasteiger partial charge is 0.195 e. The minimum absolute atomic E-state index is 0.179. The van der Waals surface area contributed by atoms with Crippen molar-refractivity contribution in [1.29, 1.82) is 0 Å². The number of Topliss-reactive ketones (excluding diaryl/α,β-unsaturated/α-hetero) is 1. The maximum Gasteiger partial charge on any atom is 0.195 e. The Labute approximate surface area is 46.5 Å². The summed E-state index contributed by atoms with van der Waals surface area (Å²) in [6, 6.07) is 0. The molecule has 0 aromatic heterocycles. The largest absolute Gasteiger partial charge is 0.291 e. The molecular weight excluding hydrogens is 107 g/mol. The van der Waals surface area contributed by atoms with Gasteiger partial charge in [0, 0.05) is 12.5 Å². The van der Waals surface area contributed by atoms with Crippen molar-refractivity contribution in [3.63, 3.8) is 0 Å². The van der Waals surface area contributed by atoms with Gasteiger partial charge in [0.2, 0.25) is 0 Å². The molecule has 41 valence electrons. The van der Waals surface area contributed by atoms with Gasteiger partial charge in [-0.05, 0) is 0 Å². The molecule has 0 fully saturated rings. The van der Waals surface area contributed by atoms with Gasteiger partial charge in [0.1, 0.15) is 0 Å². The summed E-state index contributed by atoms with van der Waals surface area (Å²) >= 11 is 0. The first kappa shape index (κ1) is 5.22. The van der Waals surface area contributed by atoms with Crippen LogP contribution in [0.5, 0.6) is 0 Å². The van der Waals surface area contributed by atoms with Crippen LogP contribution in [0.15, 0.2) is 18.0 Å². The highest BCUT2D eigenvalue weighted by molar-refractivity contribution is 5.94. The molecule has 0 amide bonds. The fourth-order valence-corrected chi connectivity index (χ4v) is 0.468. The van der Waals surface area contributed by atoms with Crippen molar-refractivity contribution < 1.29 is 9.18 Å². The Hall–Kier alpha value is -0.920. The van der Waals surface area contributed by atoms with Crippen LogP contribution in [-0.4, -0.2) is 5.78 Å². The molecule has 0 N–H and O–H groups in total. The fourth-order valence-electron chi connectivity index (χ4n) is 0.468. The summed E-state index contributed by atoms with van der Waals surface area (Å²) in [6.07, 6.45) is 5.32. The van der Waals surface area contributed by atoms with Gasteiger partial charge in [0.25, 0.3) is 0 Å². The maximum absolute atomic E-state index is 12.0. The second-order valence-electron chi connectivity index (χ2n) is 1.49. The van der Waals surface area contributed by atoms with Gasteiger partial charge >= 0.3 is 0 Å². The van der Waals surface area contributed by atoms with Crippen molar-refractivity contribution in [3.8, 4) is 0 Å². The summed E-state index contributed by atoms with van der Waals surface area (Å²) < 4.78 is 12.0. The van der Waals surface area contributed by atoms with Gasteiger partial charge in [-0.3, -0.25) is 4.79 Å². The summed E-state index contributed by atoms with van der Waals surface area (Å²) in [6.45, 7) is 0. The van der Waals surface area contributed by atoms with Crippen LogP contribution in [0.2, 0.25) is 0 Å². The minimum Gasteiger partial charge on any atom is -0.291 e. The van der Waals surface area contributed by atoms with Gasteiger partial charge < -0.3 is 0 Å². The van der Waals surface area contributed by atoms with E-state index in [2.05, 4.69) is 6.08 Å². The van der Waals surface area contributed by atoms with Crippen LogP contribution < -0.4 is 0 Å². The third-order valence-corrected chi connectivity index (χ3v) is 0.876. The number of ketones is 1. The molecule has 0 bridgehead atoms. The van der Waals surface area contributed by atoms with Crippen molar-refractivity contribution in [2.24, 2.45) is 0 Å². The molecule has 1 aliphatic carbocycles. The van der Waals surface area contributed by atoms with Gasteiger partial charge in [0.15, 0.2) is 11.6 Å². The molecule has 1 radical (unpaired) electrons. The highest BCUT2D eigenvalue weighted by Gasteiger charge is 2.07. The standard InChI is InChI=1S/C6H4FO/c7-5-3-1-2-4-6(5)8/h1-2H,4H2. The number of hydrogen-bond donors (Lipinski definition) is 0. The molecule has 0 unspecified atom stereocenters. The Bertz CT molecular complexity index is 167. The van der Waals surface area contributed by atoms with Crippen LogP contribution >= 0.6 is 0 Å². The molecule has 0 aliphatic heterocycles. The van der Waals surface area contributed by atoms with E-state index in [1.165, 1.54) is 6.08 Å². The van der Waals surface area contributed by atoms with Crippen molar-refractivity contribution in [2.45, 2.75) is 6.42 Å². The van der Waals surface area contributed by atoms with E-state index in [0.29, 0.717) is 0 Å². The lowest BCUT2D eigenvalue weighted by Crippen LogP contribution is -1.98. The van der Waals surface area contributed by atoms with Gasteiger partial charge in [-0.25, -0.2) is 4.39 Å². The van der Waals surface area contributed by atoms with Crippen molar-refractivity contribution in [1.82, 2.24) is 0 Å². The van der Waals surface area contributed by atoms with Crippen LogP contribution in [0.3, 0.4) is 0 Å². The Balaban J connectivity index is 2.80. The van der Waals surface area contributed by atoms with Crippen molar-refractivity contribution in [3.05, 3.63) is 24.1 Å². The first-order valence-corrected chi connectivity index (χ1v) is 2.28. The first-order chi connectivity index (χ1) is 3.80. The van der Waals surface area contributed by atoms with E-state index in [-0.39, 0.29) is 6.42 Å². The Morgan fingerprint density at radius 1 is 1.75 bits per heavy atom. The van der Waals surface area contributed by atoms with E-state index in [4.69, 9.17) is 0 Å². The number of halogens is 1. The predicted molar refractivity (Wildman–Crippen MR) is 26.6 cm³/mol. The molecule has 1 aliphatic rings. The highest BCUT2D eigenvalue weighted by atomic mass is 19.1. The van der Waals surface area contributed by atoms with E-state index in [1.54, 1.807) is 6.08 Å². The molecule has 0 saturated heterocycles. The van der Waals surface area contributed by atoms with E-state index in [9.17, 15) is 9.18 Å². The lowest BCUT2D eigenvalue weighted by Gasteiger charge is -1.93. The maximum atomic E-state index is 12.0. The van der Waals surface area contributed by atoms with E-state index < -0.39 is 11.6 Å². The summed E-state index contributed by atoms with van der Waals surface area (Å²) in [5, 5.41) is 0. The molecule has 0 saturated carbocycles. The molecule has 1 nitrogen and oxygen atoms in total. The van der Waals surface area contributed by atoms with Crippen molar-refractivity contribution in [2.75, 3.05) is 0 Å². The van der Waals surface area contributed by atoms with Gasteiger partial charge in [-0.15, -0.1) is 0 Å². The van der Waals surface area contributed by atoms with Crippen molar-refractivity contribution >= 4 is 5.78 Å². The number of hydrogen-bond acceptors (Lipinski definition) is 1. The molecule has 0 aromatic carbocycles. The number of carbonyl (C=O) groups is 1. The molecule has 0 atom stereocenters. The fraction of sp³-hybridized carbons (Fsp3) is 0.167. The molecule has 1 rings (SSSR count). The third-order valence-electron chi connectivity index (χ3n) is 0.876. The number of carbonyl (C=O) groups excluding carboxylic acids is 1. The molecule has 2 heteroatoms. The second kappa shape index (κ2) is 1.90. The Morgan fingerprint density at radius 2 is 2.50 bits per heavy atom. The van der Waals surface area contributed by atoms with Crippen LogP contribution in [0.25, 0.3) is 0 Å². The van der Waals surface area contributed by atoms with E-state index in [1.807, 2.05) is 0 Å². The van der Waals surface area contributed by atoms with Gasteiger partial charge in [0.05, 0.1) is 0 Å². The zero-order valence-corrected chi connectivity index (χ0v) is 4.15. The molecule has 0 aromatic rings. The van der Waals surface area contributed by atoms with E-state index >= 15 is 0 Å². The first-order valence-electron chi connectivity index (χ1n) is 2.28. The van der Waals surface area contributed by atoms with Gasteiger partial charge in [-0.2, -0.15) is 0 Å². The Kier molecular flexibility index (Phi) is 1.24. The zero-order chi connectivity index (χ0) is 5.98. The summed E-state index contributed by atoms with van der Waals surface area (Å²) in [5.74, 6) is -1.24. The Morgan fingerprint density at radius 3 is 2.88 bits per heavy atom. The molecule has 0 spiro atoms. The highest BCUT2D eigenvalue weighted by Crippen LogP contribution is 2.06. The van der Waals surface area contributed by atoms with Crippen LogP contribution in [0.1, 0.15) is 6.42 Å². The lowest BCUT2D eigenvalue weighted by atomic mass is 10.1. The van der Waals surface area contributed by atoms with Crippen LogP contribution in [-0.2, 0) is 4.79 Å². The second-order valence-corrected chi connectivity index (χ2v) is 1.49. The minimum atomic E-state index is -0.757. The number of allylic oxidation sites excluding steroid dienone is 4. The molecule has 0 heterocycles. The predicted octanol–water partition coefficient (Wildman–Crippen LogP) is 1.17. The third kappa shape index (κ3) is 0.832. The summed E-state index contributed by atoms with van der Waals surface area (Å²) in [7, 11) is 0. The normalized spacial score (nSPS) is 18.6. The van der Waals surface area contributed by atoms with E-state index in [0.717, 1.165) is 0 Å².